The molecule has 0 heterocycles. The number of hydrogen-bond donors (Lipinski definition) is 0. The minimum Gasteiger partial charge on any atom is -0.303 e. The van der Waals surface area contributed by atoms with Gasteiger partial charge in [0, 0.05) is 6.42 Å². The first-order chi connectivity index (χ1) is 4.38. The summed E-state index contributed by atoms with van der Waals surface area (Å²) in [7, 11) is 0. The lowest BCUT2D eigenvalue weighted by atomic mass is 9.98. The van der Waals surface area contributed by atoms with Crippen LogP contribution in [-0.4, -0.2) is 6.29 Å². The SMILES string of the molecule is CCC(CC=O)C1CC1. The van der Waals surface area contributed by atoms with Crippen molar-refractivity contribution in [2.24, 2.45) is 11.8 Å². The Morgan fingerprint density at radius 2 is 2.33 bits per heavy atom. The first-order valence-electron chi connectivity index (χ1n) is 3.82. The summed E-state index contributed by atoms with van der Waals surface area (Å²) in [6, 6.07) is 0. The summed E-state index contributed by atoms with van der Waals surface area (Å²) >= 11 is 0. The van der Waals surface area contributed by atoms with Crippen molar-refractivity contribution in [3.8, 4) is 0 Å². The van der Waals surface area contributed by atoms with Crippen molar-refractivity contribution < 1.29 is 4.79 Å². The molecule has 1 heteroatoms. The van der Waals surface area contributed by atoms with E-state index in [1.54, 1.807) is 0 Å². The van der Waals surface area contributed by atoms with E-state index in [9.17, 15) is 4.79 Å². The molecule has 0 aliphatic heterocycles. The molecular formula is C8H14O. The van der Waals surface area contributed by atoms with Gasteiger partial charge in [-0.05, 0) is 24.7 Å². The summed E-state index contributed by atoms with van der Waals surface area (Å²) in [5.74, 6) is 1.61. The summed E-state index contributed by atoms with van der Waals surface area (Å²) in [5.41, 5.74) is 0. The Hall–Kier alpha value is -0.330. The van der Waals surface area contributed by atoms with Crippen LogP contribution in [0.1, 0.15) is 32.6 Å². The monoisotopic (exact) mass is 126 g/mol. The predicted molar refractivity (Wildman–Crippen MR) is 37.2 cm³/mol. The van der Waals surface area contributed by atoms with Crippen molar-refractivity contribution in [1.82, 2.24) is 0 Å². The fourth-order valence-corrected chi connectivity index (χ4v) is 1.38. The third kappa shape index (κ3) is 1.81. The van der Waals surface area contributed by atoms with E-state index in [1.807, 2.05) is 0 Å². The molecule has 0 amide bonds. The summed E-state index contributed by atoms with van der Waals surface area (Å²) in [5, 5.41) is 0. The maximum atomic E-state index is 10.1. The van der Waals surface area contributed by atoms with E-state index in [0.717, 1.165) is 18.6 Å². The van der Waals surface area contributed by atoms with E-state index in [4.69, 9.17) is 0 Å². The number of aldehydes is 1. The van der Waals surface area contributed by atoms with Crippen LogP contribution < -0.4 is 0 Å². The van der Waals surface area contributed by atoms with Crippen LogP contribution in [0.4, 0.5) is 0 Å². The zero-order valence-electron chi connectivity index (χ0n) is 5.97. The van der Waals surface area contributed by atoms with Crippen molar-refractivity contribution in [3.63, 3.8) is 0 Å². The average molecular weight is 126 g/mol. The molecule has 1 fully saturated rings. The van der Waals surface area contributed by atoms with Gasteiger partial charge in [-0.15, -0.1) is 0 Å². The van der Waals surface area contributed by atoms with Gasteiger partial charge in [-0.1, -0.05) is 13.3 Å². The lowest BCUT2D eigenvalue weighted by Crippen LogP contribution is -2.00. The standard InChI is InChI=1S/C8H14O/c1-2-7(5-6-9)8-3-4-8/h6-8H,2-5H2,1H3. The van der Waals surface area contributed by atoms with Gasteiger partial charge in [-0.2, -0.15) is 0 Å². The average Bonchev–Trinajstić information content (AvgIpc) is 2.64. The van der Waals surface area contributed by atoms with Gasteiger partial charge in [0.2, 0.25) is 0 Å². The lowest BCUT2D eigenvalue weighted by molar-refractivity contribution is -0.108. The zero-order valence-corrected chi connectivity index (χ0v) is 5.97. The zero-order chi connectivity index (χ0) is 6.69. The highest BCUT2D eigenvalue weighted by molar-refractivity contribution is 5.49. The lowest BCUT2D eigenvalue weighted by Gasteiger charge is -2.07. The van der Waals surface area contributed by atoms with Crippen LogP contribution in [0, 0.1) is 11.8 Å². The third-order valence-corrected chi connectivity index (χ3v) is 2.21. The molecule has 0 radical (unpaired) electrons. The Labute approximate surface area is 56.4 Å². The Morgan fingerprint density at radius 3 is 2.67 bits per heavy atom. The number of rotatable bonds is 4. The second-order valence-electron chi connectivity index (χ2n) is 2.91. The Kier molecular flexibility index (Phi) is 2.26. The largest absolute Gasteiger partial charge is 0.303 e. The van der Waals surface area contributed by atoms with Gasteiger partial charge in [0.1, 0.15) is 6.29 Å². The van der Waals surface area contributed by atoms with E-state index < -0.39 is 0 Å². The molecule has 1 saturated carbocycles. The van der Waals surface area contributed by atoms with E-state index in [-0.39, 0.29) is 0 Å². The molecule has 1 aliphatic carbocycles. The number of hydrogen-bond acceptors (Lipinski definition) is 1. The minimum absolute atomic E-state index is 0.711. The Morgan fingerprint density at radius 1 is 1.67 bits per heavy atom. The van der Waals surface area contributed by atoms with Crippen LogP contribution in [0.25, 0.3) is 0 Å². The highest BCUT2D eigenvalue weighted by atomic mass is 16.1. The molecule has 0 aromatic rings. The van der Waals surface area contributed by atoms with Gasteiger partial charge < -0.3 is 4.79 Å². The fraction of sp³-hybridized carbons (Fsp3) is 0.875. The second-order valence-corrected chi connectivity index (χ2v) is 2.91. The minimum atomic E-state index is 0.711. The molecule has 1 rings (SSSR count). The molecule has 0 N–H and O–H groups in total. The smallest absolute Gasteiger partial charge is 0.120 e. The van der Waals surface area contributed by atoms with Crippen molar-refractivity contribution >= 4 is 6.29 Å². The Balaban J connectivity index is 2.20. The van der Waals surface area contributed by atoms with Crippen molar-refractivity contribution in [2.45, 2.75) is 32.6 Å². The first kappa shape index (κ1) is 6.79. The summed E-state index contributed by atoms with van der Waals surface area (Å²) in [4.78, 5) is 10.1. The highest BCUT2D eigenvalue weighted by Gasteiger charge is 2.28. The molecule has 1 aliphatic rings. The first-order valence-corrected chi connectivity index (χ1v) is 3.82. The van der Waals surface area contributed by atoms with Crippen molar-refractivity contribution in [1.29, 1.82) is 0 Å². The molecule has 9 heavy (non-hydrogen) atoms. The van der Waals surface area contributed by atoms with Gasteiger partial charge in [0.25, 0.3) is 0 Å². The molecule has 1 unspecified atom stereocenters. The summed E-state index contributed by atoms with van der Waals surface area (Å²) < 4.78 is 0. The fourth-order valence-electron chi connectivity index (χ4n) is 1.38. The molecule has 0 aromatic heterocycles. The molecule has 1 nitrogen and oxygen atoms in total. The third-order valence-electron chi connectivity index (χ3n) is 2.21. The van der Waals surface area contributed by atoms with E-state index in [2.05, 4.69) is 6.92 Å². The van der Waals surface area contributed by atoms with Crippen molar-refractivity contribution in [2.75, 3.05) is 0 Å². The van der Waals surface area contributed by atoms with E-state index in [0.29, 0.717) is 5.92 Å². The van der Waals surface area contributed by atoms with Gasteiger partial charge in [-0.3, -0.25) is 0 Å². The van der Waals surface area contributed by atoms with Crippen LogP contribution >= 0.6 is 0 Å². The Bertz CT molecular complexity index is 94.7. The van der Waals surface area contributed by atoms with E-state index >= 15 is 0 Å². The molecule has 52 valence electrons. The van der Waals surface area contributed by atoms with Gasteiger partial charge in [0.05, 0.1) is 0 Å². The van der Waals surface area contributed by atoms with E-state index in [1.165, 1.54) is 19.3 Å². The maximum absolute atomic E-state index is 10.1. The van der Waals surface area contributed by atoms with Gasteiger partial charge in [-0.25, -0.2) is 0 Å². The molecular weight excluding hydrogens is 112 g/mol. The van der Waals surface area contributed by atoms with Crippen molar-refractivity contribution in [3.05, 3.63) is 0 Å². The normalized spacial score (nSPS) is 21.4. The molecule has 0 spiro atoms. The summed E-state index contributed by atoms with van der Waals surface area (Å²) in [6.07, 6.45) is 5.77. The maximum Gasteiger partial charge on any atom is 0.120 e. The van der Waals surface area contributed by atoms with Crippen LogP contribution in [0.15, 0.2) is 0 Å². The molecule has 0 saturated heterocycles. The summed E-state index contributed by atoms with van der Waals surface area (Å²) in [6.45, 7) is 2.17. The second kappa shape index (κ2) is 3.00. The van der Waals surface area contributed by atoms with Gasteiger partial charge >= 0.3 is 0 Å². The van der Waals surface area contributed by atoms with Crippen LogP contribution in [0.5, 0.6) is 0 Å². The van der Waals surface area contributed by atoms with Crippen LogP contribution in [0.2, 0.25) is 0 Å². The number of carbonyl (C=O) groups is 1. The number of carbonyl (C=O) groups excluding carboxylic acids is 1. The molecule has 0 aromatic carbocycles. The quantitative estimate of drug-likeness (QED) is 0.526. The van der Waals surface area contributed by atoms with Gasteiger partial charge in [0.15, 0.2) is 0 Å². The van der Waals surface area contributed by atoms with Crippen LogP contribution in [0.3, 0.4) is 0 Å². The van der Waals surface area contributed by atoms with Crippen LogP contribution in [-0.2, 0) is 4.79 Å². The topological polar surface area (TPSA) is 17.1 Å². The molecule has 1 atom stereocenters. The predicted octanol–water partition coefficient (Wildman–Crippen LogP) is 2.01. The molecule has 0 bridgehead atoms. The highest BCUT2D eigenvalue weighted by Crippen LogP contribution is 2.39.